The normalized spacial score (nSPS) is 22.1. The van der Waals surface area contributed by atoms with Crippen molar-refractivity contribution < 1.29 is 9.32 Å². The lowest BCUT2D eigenvalue weighted by Crippen LogP contribution is -2.41. The van der Waals surface area contributed by atoms with E-state index in [2.05, 4.69) is 15.5 Å². The molecule has 6 nitrogen and oxygen atoms in total. The molecule has 1 saturated carbocycles. The van der Waals surface area contributed by atoms with Gasteiger partial charge in [-0.25, -0.2) is 4.79 Å². The molecule has 1 saturated heterocycles. The number of carbonyl (C=O) groups excluding carboxylic acids is 1. The molecule has 2 amide bonds. The van der Waals surface area contributed by atoms with Crippen LogP contribution in [0.15, 0.2) is 34.9 Å². The molecule has 2 fully saturated rings. The summed E-state index contributed by atoms with van der Waals surface area (Å²) < 4.78 is 5.09. The fraction of sp³-hybridized carbons (Fsp3) is 0.471. The van der Waals surface area contributed by atoms with E-state index < -0.39 is 0 Å². The number of aromatic nitrogens is 2. The molecular formula is C17H20N4O2. The van der Waals surface area contributed by atoms with Gasteiger partial charge in [0, 0.05) is 31.6 Å². The molecule has 0 bridgehead atoms. The second kappa shape index (κ2) is 5.37. The van der Waals surface area contributed by atoms with Crippen LogP contribution in [0.5, 0.6) is 0 Å². The first-order valence-electron chi connectivity index (χ1n) is 8.07. The minimum atomic E-state index is -0.0151. The van der Waals surface area contributed by atoms with Crippen LogP contribution in [-0.4, -0.2) is 34.2 Å². The molecule has 1 unspecified atom stereocenters. The molecule has 0 radical (unpaired) electrons. The van der Waals surface area contributed by atoms with Gasteiger partial charge in [-0.05, 0) is 36.8 Å². The summed E-state index contributed by atoms with van der Waals surface area (Å²) in [4.78, 5) is 18.6. The van der Waals surface area contributed by atoms with Crippen LogP contribution in [0.3, 0.4) is 0 Å². The molecule has 2 aliphatic rings. The number of hydrogen-bond acceptors (Lipinski definition) is 4. The Morgan fingerprint density at radius 3 is 2.70 bits per heavy atom. The number of benzene rings is 1. The minimum absolute atomic E-state index is 0.0151. The van der Waals surface area contributed by atoms with Crippen molar-refractivity contribution in [3.63, 3.8) is 0 Å². The predicted octanol–water partition coefficient (Wildman–Crippen LogP) is 3.18. The summed E-state index contributed by atoms with van der Waals surface area (Å²) in [5.41, 5.74) is 1.11. The van der Waals surface area contributed by atoms with E-state index in [-0.39, 0.29) is 11.4 Å². The number of aryl methyl sites for hydroxylation is 1. The van der Waals surface area contributed by atoms with Crippen LogP contribution in [-0.2, 0) is 0 Å². The maximum atomic E-state index is 12.3. The molecule has 2 aromatic rings. The van der Waals surface area contributed by atoms with Crippen LogP contribution in [0, 0.1) is 12.3 Å². The van der Waals surface area contributed by atoms with Crippen LogP contribution >= 0.6 is 0 Å². The van der Waals surface area contributed by atoms with E-state index in [1.165, 1.54) is 0 Å². The Morgan fingerprint density at radius 2 is 2.04 bits per heavy atom. The Morgan fingerprint density at radius 1 is 1.30 bits per heavy atom. The van der Waals surface area contributed by atoms with E-state index in [0.717, 1.165) is 43.9 Å². The van der Waals surface area contributed by atoms with Gasteiger partial charge in [-0.2, -0.15) is 4.98 Å². The number of hydrogen-bond donors (Lipinski definition) is 1. The molecule has 120 valence electrons. The van der Waals surface area contributed by atoms with Crippen molar-refractivity contribution >= 4 is 11.7 Å². The van der Waals surface area contributed by atoms with E-state index >= 15 is 0 Å². The number of amides is 2. The van der Waals surface area contributed by atoms with Crippen molar-refractivity contribution in [1.82, 2.24) is 15.0 Å². The van der Waals surface area contributed by atoms with Crippen LogP contribution < -0.4 is 5.32 Å². The van der Waals surface area contributed by atoms with Crippen molar-refractivity contribution in [3.05, 3.63) is 42.0 Å². The zero-order chi connectivity index (χ0) is 15.9. The molecule has 4 rings (SSSR count). The third-order valence-corrected chi connectivity index (χ3v) is 5.12. The first-order valence-corrected chi connectivity index (χ1v) is 8.07. The fourth-order valence-corrected chi connectivity index (χ4v) is 3.60. The van der Waals surface area contributed by atoms with Gasteiger partial charge in [0.25, 0.3) is 0 Å². The highest BCUT2D eigenvalue weighted by Crippen LogP contribution is 2.64. The molecule has 1 aromatic heterocycles. The molecule has 1 aliphatic carbocycles. The van der Waals surface area contributed by atoms with Gasteiger partial charge >= 0.3 is 6.03 Å². The monoisotopic (exact) mass is 312 g/mol. The highest BCUT2D eigenvalue weighted by atomic mass is 16.5. The summed E-state index contributed by atoms with van der Waals surface area (Å²) in [6.45, 7) is 3.39. The fourth-order valence-electron chi connectivity index (χ4n) is 3.60. The van der Waals surface area contributed by atoms with Gasteiger partial charge in [-0.15, -0.1) is 0 Å². The molecular weight excluding hydrogens is 292 g/mol. The van der Waals surface area contributed by atoms with Gasteiger partial charge in [0.05, 0.1) is 0 Å². The first kappa shape index (κ1) is 14.2. The maximum absolute atomic E-state index is 12.3. The second-order valence-electron chi connectivity index (χ2n) is 6.57. The lowest BCUT2D eigenvalue weighted by Gasteiger charge is -2.32. The molecule has 1 N–H and O–H groups in total. The molecule has 23 heavy (non-hydrogen) atoms. The van der Waals surface area contributed by atoms with E-state index in [4.69, 9.17) is 4.52 Å². The number of anilines is 1. The molecule has 1 spiro atoms. The van der Waals surface area contributed by atoms with E-state index in [9.17, 15) is 4.79 Å². The second-order valence-corrected chi connectivity index (χ2v) is 6.57. The topological polar surface area (TPSA) is 71.3 Å². The number of nitrogens with zero attached hydrogens (tertiary/aromatic N) is 3. The Hall–Kier alpha value is -2.37. The molecule has 1 aliphatic heterocycles. The van der Waals surface area contributed by atoms with E-state index in [1.54, 1.807) is 0 Å². The Bertz CT molecular complexity index is 704. The zero-order valence-electron chi connectivity index (χ0n) is 13.2. The van der Waals surface area contributed by atoms with Gasteiger partial charge in [-0.3, -0.25) is 0 Å². The molecule has 6 heteroatoms. The van der Waals surface area contributed by atoms with Crippen molar-refractivity contribution in [2.45, 2.75) is 32.1 Å². The van der Waals surface area contributed by atoms with E-state index in [0.29, 0.717) is 11.8 Å². The van der Waals surface area contributed by atoms with Crippen LogP contribution in [0.25, 0.3) is 0 Å². The van der Waals surface area contributed by atoms with Crippen molar-refractivity contribution in [3.8, 4) is 0 Å². The van der Waals surface area contributed by atoms with E-state index in [1.807, 2.05) is 42.2 Å². The summed E-state index contributed by atoms with van der Waals surface area (Å²) in [6, 6.07) is 9.56. The average Bonchev–Trinajstić information content (AvgIpc) is 3.08. The van der Waals surface area contributed by atoms with Crippen molar-refractivity contribution in [2.24, 2.45) is 5.41 Å². The summed E-state index contributed by atoms with van der Waals surface area (Å²) >= 11 is 0. The summed E-state index contributed by atoms with van der Waals surface area (Å²) in [5.74, 6) is 1.87. The maximum Gasteiger partial charge on any atom is 0.321 e. The summed E-state index contributed by atoms with van der Waals surface area (Å²) in [6.07, 6.45) is 3.13. The Labute approximate surface area is 134 Å². The number of carbonyl (C=O) groups is 1. The molecule has 1 atom stereocenters. The first-order chi connectivity index (χ1) is 11.2. The number of piperidine rings is 1. The highest BCUT2D eigenvalue weighted by Gasteiger charge is 2.57. The summed E-state index contributed by atoms with van der Waals surface area (Å²) in [5, 5.41) is 7.01. The quantitative estimate of drug-likeness (QED) is 0.924. The number of para-hydroxylation sites is 1. The number of urea groups is 1. The van der Waals surface area contributed by atoms with Crippen LogP contribution in [0.1, 0.15) is 36.9 Å². The van der Waals surface area contributed by atoms with Gasteiger partial charge in [0.2, 0.25) is 5.89 Å². The number of rotatable bonds is 2. The summed E-state index contributed by atoms with van der Waals surface area (Å²) in [7, 11) is 0. The highest BCUT2D eigenvalue weighted by molar-refractivity contribution is 5.89. The lowest BCUT2D eigenvalue weighted by atomic mass is 9.91. The van der Waals surface area contributed by atoms with Gasteiger partial charge in [0.1, 0.15) is 0 Å². The lowest BCUT2D eigenvalue weighted by molar-refractivity contribution is 0.174. The van der Waals surface area contributed by atoms with Crippen LogP contribution in [0.2, 0.25) is 0 Å². The number of nitrogens with one attached hydrogen (secondary N) is 1. The van der Waals surface area contributed by atoms with Gasteiger partial charge in [-0.1, -0.05) is 23.4 Å². The Balaban J connectivity index is 1.34. The zero-order valence-corrected chi connectivity index (χ0v) is 13.2. The molecule has 2 heterocycles. The largest absolute Gasteiger partial charge is 0.340 e. The third kappa shape index (κ3) is 2.69. The molecule has 1 aromatic carbocycles. The standard InChI is InChI=1S/C17H20N4O2/c1-12-18-15(20-23-12)14-11-17(14)7-9-21(10-8-17)16(22)19-13-5-3-2-4-6-13/h2-6,14H,7-11H2,1H3,(H,19,22). The van der Waals surface area contributed by atoms with Crippen LogP contribution in [0.4, 0.5) is 10.5 Å². The van der Waals surface area contributed by atoms with Crippen molar-refractivity contribution in [2.75, 3.05) is 18.4 Å². The number of likely N-dealkylation sites (tertiary alicyclic amines) is 1. The minimum Gasteiger partial charge on any atom is -0.340 e. The smallest absolute Gasteiger partial charge is 0.321 e. The average molecular weight is 312 g/mol. The third-order valence-electron chi connectivity index (χ3n) is 5.12. The van der Waals surface area contributed by atoms with Gasteiger partial charge < -0.3 is 14.7 Å². The Kier molecular flexibility index (Phi) is 3.32. The van der Waals surface area contributed by atoms with Crippen molar-refractivity contribution in [1.29, 1.82) is 0 Å². The van der Waals surface area contributed by atoms with Gasteiger partial charge in [0.15, 0.2) is 5.82 Å². The predicted molar refractivity (Wildman–Crippen MR) is 85.1 cm³/mol. The SMILES string of the molecule is Cc1nc(C2CC23CCN(C(=O)Nc2ccccc2)CC3)no1.